The second-order valence-electron chi connectivity index (χ2n) is 2.53. The molecule has 5 nitrogen and oxygen atoms in total. The molecule has 0 aliphatic carbocycles. The molecule has 0 saturated carbocycles. The van der Waals surface area contributed by atoms with E-state index in [-0.39, 0.29) is 0 Å². The first kappa shape index (κ1) is 10.0. The summed E-state index contributed by atoms with van der Waals surface area (Å²) in [5.41, 5.74) is 6.59. The minimum atomic E-state index is -1.03. The summed E-state index contributed by atoms with van der Waals surface area (Å²) in [7, 11) is 1.48. The molecular weight excluding hydrogens is 184 g/mol. The number of rotatable bonds is 3. The number of aliphatic carboxylic acids is 1. The molecule has 0 atom stereocenters. The van der Waals surface area contributed by atoms with Gasteiger partial charge in [0.2, 0.25) is 5.88 Å². The van der Waals surface area contributed by atoms with E-state index in [9.17, 15) is 4.79 Å². The van der Waals surface area contributed by atoms with E-state index in [1.54, 1.807) is 0 Å². The number of hydrogen-bond donors (Lipinski definition) is 2. The Balaban J connectivity index is 2.94. The summed E-state index contributed by atoms with van der Waals surface area (Å²) in [6.07, 6.45) is 3.83. The minimum absolute atomic E-state index is 0.398. The van der Waals surface area contributed by atoms with Crippen LogP contribution in [0.25, 0.3) is 6.08 Å². The molecule has 74 valence electrons. The zero-order valence-corrected chi connectivity index (χ0v) is 7.60. The van der Waals surface area contributed by atoms with Crippen molar-refractivity contribution in [2.75, 3.05) is 12.8 Å². The van der Waals surface area contributed by atoms with E-state index >= 15 is 0 Å². The second-order valence-corrected chi connectivity index (χ2v) is 2.53. The predicted molar refractivity (Wildman–Crippen MR) is 51.9 cm³/mol. The predicted octanol–water partition coefficient (Wildman–Crippen LogP) is 0.770. The van der Waals surface area contributed by atoms with Crippen LogP contribution in [0.1, 0.15) is 5.56 Å². The third-order valence-electron chi connectivity index (χ3n) is 1.56. The summed E-state index contributed by atoms with van der Waals surface area (Å²) >= 11 is 0. The normalized spacial score (nSPS) is 10.4. The van der Waals surface area contributed by atoms with E-state index in [1.165, 1.54) is 25.4 Å². The number of aromatic nitrogens is 1. The second kappa shape index (κ2) is 4.27. The first-order valence-corrected chi connectivity index (χ1v) is 3.84. The van der Waals surface area contributed by atoms with Gasteiger partial charge in [0.15, 0.2) is 0 Å². The number of carbonyl (C=O) groups is 1. The van der Waals surface area contributed by atoms with Gasteiger partial charge in [0.05, 0.1) is 7.11 Å². The lowest BCUT2D eigenvalue weighted by Crippen LogP contribution is -1.95. The highest BCUT2D eigenvalue weighted by molar-refractivity contribution is 5.86. The summed E-state index contributed by atoms with van der Waals surface area (Å²) < 4.78 is 4.84. The fraction of sp³-hybridized carbons (Fsp3) is 0.111. The van der Waals surface area contributed by atoms with Gasteiger partial charge in [-0.25, -0.2) is 9.78 Å². The van der Waals surface area contributed by atoms with Crippen LogP contribution in [0.4, 0.5) is 5.69 Å². The Morgan fingerprint density at radius 2 is 2.43 bits per heavy atom. The van der Waals surface area contributed by atoms with Crippen LogP contribution in [-0.4, -0.2) is 23.2 Å². The van der Waals surface area contributed by atoms with Crippen molar-refractivity contribution >= 4 is 17.7 Å². The first-order valence-electron chi connectivity index (χ1n) is 3.84. The number of pyridine rings is 1. The van der Waals surface area contributed by atoms with Crippen molar-refractivity contribution < 1.29 is 14.6 Å². The van der Waals surface area contributed by atoms with Crippen LogP contribution in [0.15, 0.2) is 18.3 Å². The molecule has 0 aromatic carbocycles. The summed E-state index contributed by atoms with van der Waals surface area (Å²) in [5.74, 6) is -0.629. The van der Waals surface area contributed by atoms with Crippen molar-refractivity contribution in [3.63, 3.8) is 0 Å². The Morgan fingerprint density at radius 3 is 2.93 bits per heavy atom. The largest absolute Gasteiger partial charge is 0.481 e. The zero-order valence-electron chi connectivity index (χ0n) is 7.60. The average molecular weight is 194 g/mol. The Hall–Kier alpha value is -2.04. The topological polar surface area (TPSA) is 85.4 Å². The van der Waals surface area contributed by atoms with E-state index in [4.69, 9.17) is 15.6 Å². The fourth-order valence-corrected chi connectivity index (χ4v) is 0.873. The lowest BCUT2D eigenvalue weighted by molar-refractivity contribution is -0.131. The van der Waals surface area contributed by atoms with E-state index in [0.29, 0.717) is 17.1 Å². The molecule has 0 radical (unpaired) electrons. The van der Waals surface area contributed by atoms with Crippen LogP contribution in [0.5, 0.6) is 5.88 Å². The van der Waals surface area contributed by atoms with Crippen molar-refractivity contribution in [3.05, 3.63) is 23.9 Å². The van der Waals surface area contributed by atoms with E-state index < -0.39 is 5.97 Å². The highest BCUT2D eigenvalue weighted by Crippen LogP contribution is 2.17. The third-order valence-corrected chi connectivity index (χ3v) is 1.56. The number of hydrogen-bond acceptors (Lipinski definition) is 4. The summed E-state index contributed by atoms with van der Waals surface area (Å²) in [5, 5.41) is 8.39. The number of anilines is 1. The van der Waals surface area contributed by atoms with Crippen molar-refractivity contribution in [2.45, 2.75) is 0 Å². The maximum absolute atomic E-state index is 10.2. The Bertz CT molecular complexity index is 374. The lowest BCUT2D eigenvalue weighted by Gasteiger charge is -2.02. The van der Waals surface area contributed by atoms with Crippen molar-refractivity contribution in [2.24, 2.45) is 0 Å². The molecule has 3 N–H and O–H groups in total. The highest BCUT2D eigenvalue weighted by atomic mass is 16.5. The molecule has 1 rings (SSSR count). The number of nitrogens with zero attached hydrogens (tertiary/aromatic N) is 1. The monoisotopic (exact) mass is 194 g/mol. The molecule has 1 aromatic rings. The van der Waals surface area contributed by atoms with E-state index in [1.807, 2.05) is 0 Å². The first-order chi connectivity index (χ1) is 6.63. The molecule has 0 unspecified atom stereocenters. The summed E-state index contributed by atoms with van der Waals surface area (Å²) in [6.45, 7) is 0. The molecule has 14 heavy (non-hydrogen) atoms. The van der Waals surface area contributed by atoms with Crippen molar-refractivity contribution in [1.29, 1.82) is 0 Å². The van der Waals surface area contributed by atoms with Gasteiger partial charge < -0.3 is 15.6 Å². The molecular formula is C9H10N2O3. The third kappa shape index (κ3) is 2.48. The van der Waals surface area contributed by atoms with Gasteiger partial charge in [0.1, 0.15) is 0 Å². The molecule has 0 amide bonds. The number of carboxylic acids is 1. The number of carboxylic acid groups (broad SMARTS) is 1. The smallest absolute Gasteiger partial charge is 0.328 e. The standard InChI is InChI=1S/C9H10N2O3/c1-14-8-4-7(10)6(5-11-8)2-3-9(12)13/h2-5H,1H3,(H2,10,11)(H,12,13)/b3-2+. The fourth-order valence-electron chi connectivity index (χ4n) is 0.873. The Morgan fingerprint density at radius 1 is 1.71 bits per heavy atom. The minimum Gasteiger partial charge on any atom is -0.481 e. The molecule has 5 heteroatoms. The molecule has 0 bridgehead atoms. The van der Waals surface area contributed by atoms with Gasteiger partial charge in [-0.1, -0.05) is 0 Å². The molecule has 0 aliphatic heterocycles. The van der Waals surface area contributed by atoms with Gasteiger partial charge in [-0.15, -0.1) is 0 Å². The van der Waals surface area contributed by atoms with E-state index in [2.05, 4.69) is 4.98 Å². The van der Waals surface area contributed by atoms with Gasteiger partial charge in [0.25, 0.3) is 0 Å². The van der Waals surface area contributed by atoms with Crippen LogP contribution in [0.2, 0.25) is 0 Å². The number of methoxy groups -OCH3 is 1. The summed E-state index contributed by atoms with van der Waals surface area (Å²) in [4.78, 5) is 14.1. The molecule has 0 aliphatic rings. The number of nitrogen functional groups attached to an aromatic ring is 1. The number of nitrogens with two attached hydrogens (primary N) is 1. The summed E-state index contributed by atoms with van der Waals surface area (Å²) in [6, 6.07) is 1.53. The van der Waals surface area contributed by atoms with Crippen LogP contribution in [0.3, 0.4) is 0 Å². The quantitative estimate of drug-likeness (QED) is 0.694. The Labute approximate surface area is 80.8 Å². The van der Waals surface area contributed by atoms with Gasteiger partial charge in [-0.3, -0.25) is 0 Å². The van der Waals surface area contributed by atoms with Crippen molar-refractivity contribution in [3.8, 4) is 5.88 Å². The van der Waals surface area contributed by atoms with Gasteiger partial charge >= 0.3 is 5.97 Å². The average Bonchev–Trinajstić information content (AvgIpc) is 2.15. The highest BCUT2D eigenvalue weighted by Gasteiger charge is 1.99. The number of ether oxygens (including phenoxy) is 1. The molecule has 0 saturated heterocycles. The van der Waals surface area contributed by atoms with Gasteiger partial charge in [-0.05, 0) is 6.08 Å². The van der Waals surface area contributed by atoms with Crippen LogP contribution >= 0.6 is 0 Å². The maximum Gasteiger partial charge on any atom is 0.328 e. The van der Waals surface area contributed by atoms with Gasteiger partial charge in [-0.2, -0.15) is 0 Å². The molecule has 1 heterocycles. The molecule has 0 fully saturated rings. The zero-order chi connectivity index (χ0) is 10.6. The maximum atomic E-state index is 10.2. The molecule has 0 spiro atoms. The Kier molecular flexibility index (Phi) is 3.06. The van der Waals surface area contributed by atoms with Crippen LogP contribution < -0.4 is 10.5 Å². The SMILES string of the molecule is COc1cc(N)c(/C=C/C(=O)O)cn1. The van der Waals surface area contributed by atoms with E-state index in [0.717, 1.165) is 6.08 Å². The van der Waals surface area contributed by atoms with Crippen LogP contribution in [-0.2, 0) is 4.79 Å². The van der Waals surface area contributed by atoms with Crippen LogP contribution in [0, 0.1) is 0 Å². The lowest BCUT2D eigenvalue weighted by atomic mass is 10.2. The van der Waals surface area contributed by atoms with Gasteiger partial charge in [0, 0.05) is 29.6 Å². The van der Waals surface area contributed by atoms with Crippen molar-refractivity contribution in [1.82, 2.24) is 4.98 Å². The molecule has 1 aromatic heterocycles.